The molecule has 0 aliphatic rings. The first-order valence-electron chi connectivity index (χ1n) is 6.27. The third-order valence-electron chi connectivity index (χ3n) is 2.82. The number of rotatable bonds is 6. The molecule has 1 aromatic rings. The minimum absolute atomic E-state index is 0.0348. The van der Waals surface area contributed by atoms with E-state index in [1.54, 1.807) is 11.8 Å². The first kappa shape index (κ1) is 15.1. The van der Waals surface area contributed by atoms with Crippen molar-refractivity contribution in [3.63, 3.8) is 0 Å². The molecule has 0 spiro atoms. The summed E-state index contributed by atoms with van der Waals surface area (Å²) in [4.78, 5) is 0. The summed E-state index contributed by atoms with van der Waals surface area (Å²) in [5, 5.41) is 17.3. The van der Waals surface area contributed by atoms with Crippen molar-refractivity contribution < 1.29 is 9.84 Å². The van der Waals surface area contributed by atoms with Crippen LogP contribution in [0.15, 0.2) is 6.20 Å². The lowest BCUT2D eigenvalue weighted by atomic mass is 9.87. The van der Waals surface area contributed by atoms with Gasteiger partial charge in [-0.05, 0) is 0 Å². The highest BCUT2D eigenvalue weighted by Gasteiger charge is 2.25. The smallest absolute Gasteiger partial charge is 0.0726 e. The van der Waals surface area contributed by atoms with E-state index in [0.717, 1.165) is 11.3 Å². The number of aryl methyl sites for hydroxylation is 1. The van der Waals surface area contributed by atoms with Crippen molar-refractivity contribution in [3.05, 3.63) is 17.5 Å². The minimum Gasteiger partial charge on any atom is -0.394 e. The quantitative estimate of drug-likeness (QED) is 0.744. The van der Waals surface area contributed by atoms with Gasteiger partial charge in [-0.15, -0.1) is 0 Å². The van der Waals surface area contributed by atoms with Gasteiger partial charge in [0.1, 0.15) is 0 Å². The largest absolute Gasteiger partial charge is 0.394 e. The Bertz CT molecular complexity index is 369. The Morgan fingerprint density at radius 2 is 2.17 bits per heavy atom. The molecule has 1 heterocycles. The first-order valence-corrected chi connectivity index (χ1v) is 6.27. The van der Waals surface area contributed by atoms with E-state index in [-0.39, 0.29) is 18.1 Å². The topological polar surface area (TPSA) is 59.3 Å². The van der Waals surface area contributed by atoms with Gasteiger partial charge in [0.15, 0.2) is 0 Å². The number of nitrogens with one attached hydrogen (secondary N) is 1. The fraction of sp³-hybridized carbons (Fsp3) is 0.769. The molecule has 1 aromatic heterocycles. The second-order valence-electron chi connectivity index (χ2n) is 5.54. The highest BCUT2D eigenvalue weighted by atomic mass is 16.5. The molecule has 1 atom stereocenters. The van der Waals surface area contributed by atoms with Crippen LogP contribution >= 0.6 is 0 Å². The molecule has 0 amide bonds. The molecular formula is C13H25N3O2. The van der Waals surface area contributed by atoms with Crippen LogP contribution in [0, 0.1) is 0 Å². The number of aromatic nitrogens is 2. The molecule has 5 heteroatoms. The lowest BCUT2D eigenvalue weighted by Crippen LogP contribution is -2.29. The zero-order valence-corrected chi connectivity index (χ0v) is 12.0. The summed E-state index contributed by atoms with van der Waals surface area (Å²) in [5.41, 5.74) is 2.05. The Morgan fingerprint density at radius 3 is 2.67 bits per heavy atom. The molecule has 1 rings (SSSR count). The SMILES string of the molecule is COCCNC(CO)c1cn(C)nc1C(C)(C)C. The number of hydrogen-bond donors (Lipinski definition) is 2. The summed E-state index contributed by atoms with van der Waals surface area (Å²) in [6, 6.07) is -0.0944. The fourth-order valence-electron chi connectivity index (χ4n) is 1.95. The highest BCUT2D eigenvalue weighted by Crippen LogP contribution is 2.28. The lowest BCUT2D eigenvalue weighted by molar-refractivity contribution is 0.183. The summed E-state index contributed by atoms with van der Waals surface area (Å²) < 4.78 is 6.81. The van der Waals surface area contributed by atoms with Crippen molar-refractivity contribution in [1.29, 1.82) is 0 Å². The van der Waals surface area contributed by atoms with Crippen LogP contribution in [-0.2, 0) is 17.2 Å². The third kappa shape index (κ3) is 3.80. The summed E-state index contributed by atoms with van der Waals surface area (Å²) in [5.74, 6) is 0. The molecule has 1 unspecified atom stereocenters. The van der Waals surface area contributed by atoms with Gasteiger partial charge in [-0.25, -0.2) is 0 Å². The molecule has 0 bridgehead atoms. The zero-order chi connectivity index (χ0) is 13.8. The summed E-state index contributed by atoms with van der Waals surface area (Å²) >= 11 is 0. The van der Waals surface area contributed by atoms with Gasteiger partial charge in [0.25, 0.3) is 0 Å². The Balaban J connectivity index is 2.91. The monoisotopic (exact) mass is 255 g/mol. The molecule has 5 nitrogen and oxygen atoms in total. The summed E-state index contributed by atoms with van der Waals surface area (Å²) in [7, 11) is 3.57. The Kier molecular flexibility index (Phi) is 5.31. The van der Waals surface area contributed by atoms with Crippen molar-refractivity contribution in [2.45, 2.75) is 32.2 Å². The van der Waals surface area contributed by atoms with Gasteiger partial charge in [0.05, 0.1) is 24.9 Å². The van der Waals surface area contributed by atoms with Crippen LogP contribution in [0.1, 0.15) is 38.1 Å². The Labute approximate surface area is 109 Å². The zero-order valence-electron chi connectivity index (χ0n) is 12.0. The molecule has 0 aliphatic heterocycles. The maximum Gasteiger partial charge on any atom is 0.0726 e. The Hall–Kier alpha value is -0.910. The van der Waals surface area contributed by atoms with Gasteiger partial charge in [-0.1, -0.05) is 20.8 Å². The van der Waals surface area contributed by atoms with Gasteiger partial charge in [-0.3, -0.25) is 4.68 Å². The van der Waals surface area contributed by atoms with Crippen molar-refractivity contribution in [2.75, 3.05) is 26.9 Å². The Morgan fingerprint density at radius 1 is 1.50 bits per heavy atom. The number of aliphatic hydroxyl groups is 1. The molecule has 18 heavy (non-hydrogen) atoms. The first-order chi connectivity index (χ1) is 8.40. The fourth-order valence-corrected chi connectivity index (χ4v) is 1.95. The molecule has 0 fully saturated rings. The molecule has 0 saturated heterocycles. The van der Waals surface area contributed by atoms with Gasteiger partial charge in [-0.2, -0.15) is 5.10 Å². The van der Waals surface area contributed by atoms with Crippen LogP contribution < -0.4 is 5.32 Å². The van der Waals surface area contributed by atoms with Crippen molar-refractivity contribution in [2.24, 2.45) is 7.05 Å². The lowest BCUT2D eigenvalue weighted by Gasteiger charge is -2.22. The van der Waals surface area contributed by atoms with E-state index in [4.69, 9.17) is 4.74 Å². The van der Waals surface area contributed by atoms with Gasteiger partial charge >= 0.3 is 0 Å². The highest BCUT2D eigenvalue weighted by molar-refractivity contribution is 5.27. The molecule has 0 saturated carbocycles. The van der Waals surface area contributed by atoms with E-state index in [1.807, 2.05) is 13.2 Å². The minimum atomic E-state index is -0.0944. The summed E-state index contributed by atoms with van der Waals surface area (Å²) in [6.45, 7) is 7.77. The molecule has 0 radical (unpaired) electrons. The molecule has 0 aliphatic carbocycles. The van der Waals surface area contributed by atoms with Crippen molar-refractivity contribution >= 4 is 0 Å². The third-order valence-corrected chi connectivity index (χ3v) is 2.82. The van der Waals surface area contributed by atoms with Crippen LogP contribution in [0.25, 0.3) is 0 Å². The predicted molar refractivity (Wildman–Crippen MR) is 71.6 cm³/mol. The van der Waals surface area contributed by atoms with Gasteiger partial charge in [0, 0.05) is 37.9 Å². The standard InChI is InChI=1S/C13H25N3O2/c1-13(2,3)12-10(8-16(4)15-12)11(9-17)14-6-7-18-5/h8,11,14,17H,6-7,9H2,1-5H3. The summed E-state index contributed by atoms with van der Waals surface area (Å²) in [6.07, 6.45) is 1.97. The van der Waals surface area contributed by atoms with Gasteiger partial charge < -0.3 is 15.2 Å². The van der Waals surface area contributed by atoms with Crippen LogP contribution in [0.3, 0.4) is 0 Å². The maximum atomic E-state index is 9.54. The molecule has 2 N–H and O–H groups in total. The second-order valence-corrected chi connectivity index (χ2v) is 5.54. The molecule has 104 valence electrons. The van der Waals surface area contributed by atoms with E-state index in [9.17, 15) is 5.11 Å². The van der Waals surface area contributed by atoms with E-state index in [1.165, 1.54) is 0 Å². The number of ether oxygens (including phenoxy) is 1. The predicted octanol–water partition coefficient (Wildman–Crippen LogP) is 0.987. The van der Waals surface area contributed by atoms with Crippen LogP contribution in [0.4, 0.5) is 0 Å². The number of hydrogen-bond acceptors (Lipinski definition) is 4. The number of methoxy groups -OCH3 is 1. The average molecular weight is 255 g/mol. The molecular weight excluding hydrogens is 230 g/mol. The average Bonchev–Trinajstić information content (AvgIpc) is 2.66. The second kappa shape index (κ2) is 6.31. The van der Waals surface area contributed by atoms with Crippen LogP contribution in [0.2, 0.25) is 0 Å². The normalized spacial score (nSPS) is 13.9. The van der Waals surface area contributed by atoms with Crippen LogP contribution in [-0.4, -0.2) is 41.8 Å². The van der Waals surface area contributed by atoms with E-state index in [2.05, 4.69) is 31.2 Å². The van der Waals surface area contributed by atoms with E-state index in [0.29, 0.717) is 13.2 Å². The number of aliphatic hydroxyl groups excluding tert-OH is 1. The van der Waals surface area contributed by atoms with E-state index < -0.39 is 0 Å². The number of nitrogens with zero attached hydrogens (tertiary/aromatic N) is 2. The van der Waals surface area contributed by atoms with E-state index >= 15 is 0 Å². The van der Waals surface area contributed by atoms with Crippen LogP contribution in [0.5, 0.6) is 0 Å². The molecule has 0 aromatic carbocycles. The van der Waals surface area contributed by atoms with Crippen molar-refractivity contribution in [3.8, 4) is 0 Å². The van der Waals surface area contributed by atoms with Crippen molar-refractivity contribution in [1.82, 2.24) is 15.1 Å². The van der Waals surface area contributed by atoms with Gasteiger partial charge in [0.2, 0.25) is 0 Å². The maximum absolute atomic E-state index is 9.54.